The largest absolute Gasteiger partial charge is 0.357 e. The molecular weight excluding hydrogens is 322 g/mol. The highest BCUT2D eigenvalue weighted by atomic mass is 32.2. The summed E-state index contributed by atoms with van der Waals surface area (Å²) in [5.41, 5.74) is 0.576. The van der Waals surface area contributed by atoms with Crippen molar-refractivity contribution in [3.63, 3.8) is 0 Å². The van der Waals surface area contributed by atoms with E-state index in [2.05, 4.69) is 39.4 Å². The number of hydrogen-bond acceptors (Lipinski definition) is 4. The van der Waals surface area contributed by atoms with E-state index >= 15 is 0 Å². The van der Waals surface area contributed by atoms with Gasteiger partial charge in [0.05, 0.1) is 12.1 Å². The lowest BCUT2D eigenvalue weighted by Crippen LogP contribution is -2.48. The molecule has 1 aromatic heterocycles. The predicted molar refractivity (Wildman–Crippen MR) is 101 cm³/mol. The van der Waals surface area contributed by atoms with Crippen LogP contribution in [0.25, 0.3) is 0 Å². The molecule has 1 aliphatic heterocycles. The van der Waals surface area contributed by atoms with Gasteiger partial charge in [0, 0.05) is 49.6 Å². The highest BCUT2D eigenvalue weighted by Gasteiger charge is 2.21. The molecule has 132 valence electrons. The van der Waals surface area contributed by atoms with Gasteiger partial charge in [0.1, 0.15) is 0 Å². The van der Waals surface area contributed by atoms with Crippen molar-refractivity contribution >= 4 is 23.6 Å². The number of hydrogen-bond donors (Lipinski definition) is 2. The van der Waals surface area contributed by atoms with E-state index in [1.807, 2.05) is 11.8 Å². The van der Waals surface area contributed by atoms with Crippen LogP contribution in [0.3, 0.4) is 0 Å². The van der Waals surface area contributed by atoms with E-state index < -0.39 is 0 Å². The van der Waals surface area contributed by atoms with E-state index in [1.165, 1.54) is 6.42 Å². The van der Waals surface area contributed by atoms with E-state index in [-0.39, 0.29) is 5.91 Å². The van der Waals surface area contributed by atoms with Crippen LogP contribution in [0.15, 0.2) is 29.5 Å². The summed E-state index contributed by atoms with van der Waals surface area (Å²) in [6.45, 7) is 8.30. The third kappa shape index (κ3) is 5.70. The summed E-state index contributed by atoms with van der Waals surface area (Å²) < 4.78 is 0. The second-order valence-corrected chi connectivity index (χ2v) is 6.99. The normalized spacial score (nSPS) is 18.3. The molecule has 0 bridgehead atoms. The van der Waals surface area contributed by atoms with Gasteiger partial charge in [-0.3, -0.25) is 14.8 Å². The number of aromatic nitrogens is 1. The highest BCUT2D eigenvalue weighted by Crippen LogP contribution is 2.20. The maximum absolute atomic E-state index is 12.0. The smallest absolute Gasteiger partial charge is 0.252 e. The van der Waals surface area contributed by atoms with Crippen molar-refractivity contribution in [3.8, 4) is 0 Å². The summed E-state index contributed by atoms with van der Waals surface area (Å²) in [5.74, 6) is 1.98. The van der Waals surface area contributed by atoms with Gasteiger partial charge in [-0.25, -0.2) is 0 Å². The molecule has 0 spiro atoms. The first kappa shape index (κ1) is 18.6. The van der Waals surface area contributed by atoms with Gasteiger partial charge in [0.25, 0.3) is 5.91 Å². The average molecular weight is 350 g/mol. The van der Waals surface area contributed by atoms with Crippen LogP contribution >= 0.6 is 11.8 Å². The first-order valence-electron chi connectivity index (χ1n) is 8.57. The molecule has 1 fully saturated rings. The maximum atomic E-state index is 12.0. The number of carbonyl (C=O) groups excluding carboxylic acids is 1. The van der Waals surface area contributed by atoms with E-state index in [9.17, 15) is 4.79 Å². The third-order valence-electron chi connectivity index (χ3n) is 3.81. The Balaban J connectivity index is 1.83. The SMILES string of the molecule is CCNC(=NCCNC(=O)c1cccnc1)N1CCSC(CC)C1. The second kappa shape index (κ2) is 10.2. The quantitative estimate of drug-likeness (QED) is 0.464. The molecule has 2 heterocycles. The summed E-state index contributed by atoms with van der Waals surface area (Å²) in [6.07, 6.45) is 4.41. The third-order valence-corrected chi connectivity index (χ3v) is 5.18. The predicted octanol–water partition coefficient (Wildman–Crippen LogP) is 1.60. The Morgan fingerprint density at radius 1 is 1.46 bits per heavy atom. The molecule has 0 saturated carbocycles. The van der Waals surface area contributed by atoms with Gasteiger partial charge in [-0.15, -0.1) is 0 Å². The van der Waals surface area contributed by atoms with Gasteiger partial charge in [-0.1, -0.05) is 6.92 Å². The van der Waals surface area contributed by atoms with Crippen LogP contribution in [0.4, 0.5) is 0 Å². The van der Waals surface area contributed by atoms with Crippen molar-refractivity contribution in [1.29, 1.82) is 0 Å². The molecule has 1 amide bonds. The Morgan fingerprint density at radius 2 is 2.33 bits per heavy atom. The number of nitrogens with one attached hydrogen (secondary N) is 2. The van der Waals surface area contributed by atoms with Gasteiger partial charge in [0.15, 0.2) is 5.96 Å². The van der Waals surface area contributed by atoms with Crippen molar-refractivity contribution < 1.29 is 4.79 Å². The van der Waals surface area contributed by atoms with Crippen LogP contribution in [-0.2, 0) is 0 Å². The lowest BCUT2D eigenvalue weighted by Gasteiger charge is -2.34. The van der Waals surface area contributed by atoms with Gasteiger partial charge in [0.2, 0.25) is 0 Å². The van der Waals surface area contributed by atoms with Gasteiger partial charge in [-0.05, 0) is 25.5 Å². The topological polar surface area (TPSA) is 69.6 Å². The zero-order chi connectivity index (χ0) is 17.2. The van der Waals surface area contributed by atoms with Crippen LogP contribution in [0.2, 0.25) is 0 Å². The first-order valence-corrected chi connectivity index (χ1v) is 9.62. The molecule has 24 heavy (non-hydrogen) atoms. The van der Waals surface area contributed by atoms with Gasteiger partial charge in [-0.2, -0.15) is 11.8 Å². The summed E-state index contributed by atoms with van der Waals surface area (Å²) in [4.78, 5) is 22.9. The summed E-state index contributed by atoms with van der Waals surface area (Å²) in [5, 5.41) is 6.92. The number of thioether (sulfide) groups is 1. The molecule has 1 unspecified atom stereocenters. The van der Waals surface area contributed by atoms with Crippen LogP contribution in [0.5, 0.6) is 0 Å². The molecule has 1 aromatic rings. The Bertz CT molecular complexity index is 537. The van der Waals surface area contributed by atoms with E-state index in [4.69, 9.17) is 0 Å². The second-order valence-electron chi connectivity index (χ2n) is 5.58. The lowest BCUT2D eigenvalue weighted by atomic mass is 10.3. The van der Waals surface area contributed by atoms with Crippen LogP contribution in [0, 0.1) is 0 Å². The molecule has 0 aliphatic carbocycles. The molecule has 6 nitrogen and oxygen atoms in total. The summed E-state index contributed by atoms with van der Waals surface area (Å²) in [7, 11) is 0. The Hall–Kier alpha value is -1.76. The van der Waals surface area contributed by atoms with Crippen molar-refractivity contribution in [2.24, 2.45) is 4.99 Å². The fourth-order valence-electron chi connectivity index (χ4n) is 2.51. The number of carbonyl (C=O) groups is 1. The molecule has 7 heteroatoms. The highest BCUT2D eigenvalue weighted by molar-refractivity contribution is 8.00. The minimum Gasteiger partial charge on any atom is -0.357 e. The van der Waals surface area contributed by atoms with Crippen LogP contribution in [-0.4, -0.2) is 65.5 Å². The standard InChI is InChI=1S/C17H27N5OS/c1-3-15-13-22(10-11-24-15)17(19-4-2)21-9-8-20-16(23)14-6-5-7-18-12-14/h5-7,12,15H,3-4,8-11,13H2,1-2H3,(H,19,21)(H,20,23). The van der Waals surface area contributed by atoms with Gasteiger partial charge >= 0.3 is 0 Å². The summed E-state index contributed by atoms with van der Waals surface area (Å²) in [6, 6.07) is 3.51. The molecule has 1 aliphatic rings. The minimum atomic E-state index is -0.108. The van der Waals surface area contributed by atoms with E-state index in [1.54, 1.807) is 24.5 Å². The molecule has 1 atom stereocenters. The molecular formula is C17H27N5OS. The van der Waals surface area contributed by atoms with Crippen molar-refractivity contribution in [2.75, 3.05) is 38.5 Å². The minimum absolute atomic E-state index is 0.108. The lowest BCUT2D eigenvalue weighted by molar-refractivity contribution is 0.0954. The molecule has 0 aromatic carbocycles. The Morgan fingerprint density at radius 3 is 3.04 bits per heavy atom. The number of amides is 1. The number of aliphatic imine (C=N–C) groups is 1. The zero-order valence-corrected chi connectivity index (χ0v) is 15.3. The number of pyridine rings is 1. The molecule has 2 N–H and O–H groups in total. The number of guanidine groups is 1. The van der Waals surface area contributed by atoms with E-state index in [0.717, 1.165) is 31.3 Å². The number of rotatable bonds is 6. The van der Waals surface area contributed by atoms with E-state index in [0.29, 0.717) is 23.9 Å². The maximum Gasteiger partial charge on any atom is 0.252 e. The molecule has 0 radical (unpaired) electrons. The molecule has 2 rings (SSSR count). The van der Waals surface area contributed by atoms with Gasteiger partial charge < -0.3 is 15.5 Å². The Kier molecular flexibility index (Phi) is 7.88. The fourth-order valence-corrected chi connectivity index (χ4v) is 3.70. The zero-order valence-electron chi connectivity index (χ0n) is 14.5. The van der Waals surface area contributed by atoms with Crippen molar-refractivity contribution in [3.05, 3.63) is 30.1 Å². The Labute approximate surface area is 148 Å². The monoisotopic (exact) mass is 349 g/mol. The fraction of sp³-hybridized carbons (Fsp3) is 0.588. The van der Waals surface area contributed by atoms with Crippen molar-refractivity contribution in [2.45, 2.75) is 25.5 Å². The van der Waals surface area contributed by atoms with Crippen molar-refractivity contribution in [1.82, 2.24) is 20.5 Å². The average Bonchev–Trinajstić information content (AvgIpc) is 2.64. The molecule has 1 saturated heterocycles. The van der Waals surface area contributed by atoms with Crippen LogP contribution < -0.4 is 10.6 Å². The van der Waals surface area contributed by atoms with Crippen LogP contribution in [0.1, 0.15) is 30.6 Å². The number of nitrogens with zero attached hydrogens (tertiary/aromatic N) is 3. The first-order chi connectivity index (χ1) is 11.7. The summed E-state index contributed by atoms with van der Waals surface area (Å²) >= 11 is 2.04.